The van der Waals surface area contributed by atoms with Crippen LogP contribution in [0.4, 0.5) is 0 Å². The summed E-state index contributed by atoms with van der Waals surface area (Å²) >= 11 is 0. The molecule has 0 fully saturated rings. The summed E-state index contributed by atoms with van der Waals surface area (Å²) in [6.07, 6.45) is 1.84. The number of aromatic nitrogens is 1. The van der Waals surface area contributed by atoms with E-state index < -0.39 is 5.97 Å². The molecular weight excluding hydrogens is 416 g/mol. The molecule has 2 N–H and O–H groups in total. The van der Waals surface area contributed by atoms with Crippen molar-refractivity contribution in [2.24, 2.45) is 0 Å². The van der Waals surface area contributed by atoms with Crippen molar-refractivity contribution in [2.75, 3.05) is 14.2 Å². The van der Waals surface area contributed by atoms with Crippen molar-refractivity contribution < 1.29 is 18.7 Å². The molecule has 3 aromatic carbocycles. The molecule has 6 heteroatoms. The Morgan fingerprint density at radius 3 is 2.48 bits per heavy atom. The summed E-state index contributed by atoms with van der Waals surface area (Å²) in [6.45, 7) is 2.01. The van der Waals surface area contributed by atoms with Crippen molar-refractivity contribution in [3.8, 4) is 22.5 Å². The molecule has 0 aliphatic heterocycles. The summed E-state index contributed by atoms with van der Waals surface area (Å²) in [5, 5.41) is 4.31. The van der Waals surface area contributed by atoms with Crippen molar-refractivity contribution >= 4 is 33.7 Å². The third-order valence-corrected chi connectivity index (χ3v) is 5.86. The predicted molar refractivity (Wildman–Crippen MR) is 128 cm³/mol. The number of aromatic amines is 1. The fourth-order valence-electron chi connectivity index (χ4n) is 4.20. The first-order valence-corrected chi connectivity index (χ1v) is 10.6. The number of esters is 1. The Morgan fingerprint density at radius 1 is 0.970 bits per heavy atom. The number of ether oxygens (including phenoxy) is 1. The highest BCUT2D eigenvalue weighted by atomic mass is 16.5. The number of methoxy groups -OCH3 is 1. The second kappa shape index (κ2) is 7.98. The van der Waals surface area contributed by atoms with Gasteiger partial charge in [-0.2, -0.15) is 0 Å². The quantitative estimate of drug-likeness (QED) is 0.352. The number of fused-ring (bicyclic) bond motifs is 3. The number of aryl methyl sites for hydroxylation is 1. The third-order valence-electron chi connectivity index (χ3n) is 5.86. The van der Waals surface area contributed by atoms with E-state index in [-0.39, 0.29) is 5.91 Å². The molecule has 0 radical (unpaired) electrons. The van der Waals surface area contributed by atoms with Crippen molar-refractivity contribution in [2.45, 2.75) is 6.92 Å². The maximum atomic E-state index is 13.0. The van der Waals surface area contributed by atoms with Gasteiger partial charge < -0.3 is 19.5 Å². The predicted octanol–water partition coefficient (Wildman–Crippen LogP) is 5.70. The number of hydrogen-bond donors (Lipinski definition) is 2. The molecule has 0 saturated heterocycles. The zero-order chi connectivity index (χ0) is 23.1. The van der Waals surface area contributed by atoms with E-state index in [1.807, 2.05) is 61.7 Å². The lowest BCUT2D eigenvalue weighted by atomic mass is 9.96. The van der Waals surface area contributed by atoms with Gasteiger partial charge in [0.15, 0.2) is 0 Å². The minimum absolute atomic E-state index is 0.228. The van der Waals surface area contributed by atoms with Gasteiger partial charge >= 0.3 is 5.97 Å². The molecule has 0 bridgehead atoms. The average molecular weight is 438 g/mol. The topological polar surface area (TPSA) is 84.3 Å². The van der Waals surface area contributed by atoms with Crippen LogP contribution in [0.2, 0.25) is 0 Å². The molecule has 5 aromatic rings. The minimum atomic E-state index is -0.406. The smallest absolute Gasteiger partial charge is 0.337 e. The van der Waals surface area contributed by atoms with Gasteiger partial charge in [0.2, 0.25) is 0 Å². The Bertz CT molecular complexity index is 1520. The lowest BCUT2D eigenvalue weighted by molar-refractivity contribution is 0.0600. The Morgan fingerprint density at radius 2 is 1.76 bits per heavy atom. The van der Waals surface area contributed by atoms with Crippen LogP contribution in [-0.4, -0.2) is 31.0 Å². The molecular formula is C27H22N2O4. The van der Waals surface area contributed by atoms with E-state index in [0.717, 1.165) is 33.2 Å². The van der Waals surface area contributed by atoms with Gasteiger partial charge in [0, 0.05) is 35.1 Å². The zero-order valence-corrected chi connectivity index (χ0v) is 18.5. The molecule has 0 aliphatic carbocycles. The summed E-state index contributed by atoms with van der Waals surface area (Å²) in [6, 6.07) is 19.0. The first kappa shape index (κ1) is 20.6. The molecule has 5 rings (SSSR count). The molecule has 2 heterocycles. The molecule has 1 amide bonds. The van der Waals surface area contributed by atoms with Crippen LogP contribution in [0.5, 0.6) is 0 Å². The van der Waals surface area contributed by atoms with Crippen LogP contribution >= 0.6 is 0 Å². The van der Waals surface area contributed by atoms with Crippen molar-refractivity contribution in [3.63, 3.8) is 0 Å². The number of furan rings is 1. The number of nitrogens with one attached hydrogen (secondary N) is 2. The van der Waals surface area contributed by atoms with Gasteiger partial charge in [0.05, 0.1) is 23.8 Å². The van der Waals surface area contributed by atoms with Gasteiger partial charge in [-0.25, -0.2) is 4.79 Å². The number of carbonyl (C=O) groups is 2. The number of carbonyl (C=O) groups excluding carboxylic acids is 2. The van der Waals surface area contributed by atoms with Crippen LogP contribution in [-0.2, 0) is 4.74 Å². The van der Waals surface area contributed by atoms with E-state index >= 15 is 0 Å². The third kappa shape index (κ3) is 3.36. The van der Waals surface area contributed by atoms with Crippen LogP contribution in [0, 0.1) is 6.92 Å². The summed E-state index contributed by atoms with van der Waals surface area (Å²) < 4.78 is 11.2. The first-order valence-electron chi connectivity index (χ1n) is 10.6. The van der Waals surface area contributed by atoms with E-state index in [1.54, 1.807) is 19.2 Å². The molecule has 0 aliphatic rings. The van der Waals surface area contributed by atoms with E-state index in [9.17, 15) is 9.59 Å². The van der Waals surface area contributed by atoms with Crippen LogP contribution in [0.1, 0.15) is 26.3 Å². The van der Waals surface area contributed by atoms with Crippen LogP contribution in [0.3, 0.4) is 0 Å². The Kier molecular flexibility index (Phi) is 4.98. The van der Waals surface area contributed by atoms with Gasteiger partial charge in [0.25, 0.3) is 5.91 Å². The Labute approximate surface area is 190 Å². The monoisotopic (exact) mass is 438 g/mol. The summed E-state index contributed by atoms with van der Waals surface area (Å²) in [4.78, 5) is 28.4. The van der Waals surface area contributed by atoms with Gasteiger partial charge in [-0.1, -0.05) is 42.0 Å². The van der Waals surface area contributed by atoms with Gasteiger partial charge in [-0.05, 0) is 36.8 Å². The lowest BCUT2D eigenvalue weighted by Gasteiger charge is -2.08. The molecule has 6 nitrogen and oxygen atoms in total. The second-order valence-electron chi connectivity index (χ2n) is 7.89. The standard InChI is InChI=1S/C27H22N2O4/c1-15-7-9-16(10-8-15)24-22(26(30)28-2)21-14-20(23-19(11-12-29-23)25(21)33-24)17-5-4-6-18(13-17)27(31)32-3/h4-14,29H,1-3H3,(H,28,30). The maximum absolute atomic E-state index is 13.0. The van der Waals surface area contributed by atoms with Gasteiger partial charge in [0.1, 0.15) is 11.3 Å². The number of rotatable bonds is 4. The summed E-state index contributed by atoms with van der Waals surface area (Å²) in [5.74, 6) is -0.113. The van der Waals surface area contributed by atoms with Crippen LogP contribution < -0.4 is 5.32 Å². The molecule has 0 atom stereocenters. The largest absolute Gasteiger partial charge is 0.465 e. The molecule has 0 spiro atoms. The molecule has 2 aromatic heterocycles. The fourth-order valence-corrected chi connectivity index (χ4v) is 4.20. The summed E-state index contributed by atoms with van der Waals surface area (Å²) in [5.41, 5.74) is 6.05. The van der Waals surface area contributed by atoms with Crippen molar-refractivity contribution in [3.05, 3.63) is 83.6 Å². The van der Waals surface area contributed by atoms with Gasteiger partial charge in [-0.15, -0.1) is 0 Å². The van der Waals surface area contributed by atoms with Crippen LogP contribution in [0.15, 0.2) is 71.3 Å². The van der Waals surface area contributed by atoms with E-state index in [1.165, 1.54) is 7.11 Å². The molecule has 164 valence electrons. The van der Waals surface area contributed by atoms with E-state index in [2.05, 4.69) is 10.3 Å². The number of H-pyrrole nitrogens is 1. The normalized spacial score (nSPS) is 11.1. The average Bonchev–Trinajstić information content (AvgIpc) is 3.48. The number of hydrogen-bond acceptors (Lipinski definition) is 4. The number of benzene rings is 3. The first-order chi connectivity index (χ1) is 16.0. The fraction of sp³-hybridized carbons (Fsp3) is 0.111. The summed E-state index contributed by atoms with van der Waals surface area (Å²) in [7, 11) is 2.97. The molecule has 33 heavy (non-hydrogen) atoms. The van der Waals surface area contributed by atoms with Crippen molar-refractivity contribution in [1.29, 1.82) is 0 Å². The van der Waals surface area contributed by atoms with Gasteiger partial charge in [-0.3, -0.25) is 4.79 Å². The van der Waals surface area contributed by atoms with E-state index in [0.29, 0.717) is 27.9 Å². The SMILES string of the molecule is CNC(=O)c1c(-c2ccc(C)cc2)oc2c1cc(-c1cccc(C(=O)OC)c1)c1[nH]ccc12. The Hall–Kier alpha value is -4.32. The van der Waals surface area contributed by atoms with Crippen molar-refractivity contribution in [1.82, 2.24) is 10.3 Å². The van der Waals surface area contributed by atoms with Crippen LogP contribution in [0.25, 0.3) is 44.3 Å². The highest BCUT2D eigenvalue weighted by Gasteiger charge is 2.25. The minimum Gasteiger partial charge on any atom is -0.465 e. The molecule has 0 saturated carbocycles. The van der Waals surface area contributed by atoms with E-state index in [4.69, 9.17) is 9.15 Å². The molecule has 0 unspecified atom stereocenters. The zero-order valence-electron chi connectivity index (χ0n) is 18.5. The highest BCUT2D eigenvalue weighted by molar-refractivity contribution is 6.19. The number of amides is 1. The lowest BCUT2D eigenvalue weighted by Crippen LogP contribution is -2.18. The second-order valence-corrected chi connectivity index (χ2v) is 7.89. The maximum Gasteiger partial charge on any atom is 0.337 e. The highest BCUT2D eigenvalue weighted by Crippen LogP contribution is 2.41. The Balaban J connectivity index is 1.83.